The first-order valence-electron chi connectivity index (χ1n) is 9.00. The van der Waals surface area contributed by atoms with Crippen LogP contribution in [0.15, 0.2) is 53.7 Å². The summed E-state index contributed by atoms with van der Waals surface area (Å²) in [6.07, 6.45) is 7.92. The number of sulfone groups is 1. The van der Waals surface area contributed by atoms with E-state index in [1.54, 1.807) is 24.4 Å². The Morgan fingerprint density at radius 1 is 1.07 bits per heavy atom. The number of piperidine rings is 1. The Labute approximate surface area is 158 Å². The lowest BCUT2D eigenvalue weighted by Gasteiger charge is -2.26. The molecular formula is C20H21N3O3S. The molecule has 0 radical (unpaired) electrons. The van der Waals surface area contributed by atoms with Crippen LogP contribution in [0.2, 0.25) is 0 Å². The van der Waals surface area contributed by atoms with E-state index in [-0.39, 0.29) is 10.8 Å². The first kappa shape index (κ1) is 17.7. The van der Waals surface area contributed by atoms with Crippen molar-refractivity contribution in [1.29, 1.82) is 0 Å². The third-order valence-electron chi connectivity index (χ3n) is 4.94. The maximum absolute atomic E-state index is 12.7. The zero-order valence-corrected chi connectivity index (χ0v) is 15.9. The quantitative estimate of drug-likeness (QED) is 0.697. The van der Waals surface area contributed by atoms with Crippen molar-refractivity contribution >= 4 is 26.8 Å². The second-order valence-electron chi connectivity index (χ2n) is 6.94. The van der Waals surface area contributed by atoms with Gasteiger partial charge in [0.05, 0.1) is 10.5 Å². The Balaban J connectivity index is 1.70. The van der Waals surface area contributed by atoms with Crippen LogP contribution in [0.25, 0.3) is 16.7 Å². The number of likely N-dealkylation sites (tertiary alicyclic amines) is 1. The molecule has 7 heteroatoms. The fourth-order valence-corrected chi connectivity index (χ4v) is 4.15. The van der Waals surface area contributed by atoms with Gasteiger partial charge in [-0.3, -0.25) is 4.79 Å². The number of amides is 1. The van der Waals surface area contributed by atoms with Gasteiger partial charge < -0.3 is 9.47 Å². The van der Waals surface area contributed by atoms with Crippen molar-refractivity contribution in [2.24, 2.45) is 0 Å². The normalized spacial score (nSPS) is 15.2. The van der Waals surface area contributed by atoms with Crippen molar-refractivity contribution in [3.63, 3.8) is 0 Å². The molecule has 1 aliphatic heterocycles. The monoisotopic (exact) mass is 383 g/mol. The molecule has 1 aromatic carbocycles. The predicted octanol–water partition coefficient (Wildman–Crippen LogP) is 3.06. The first-order valence-corrected chi connectivity index (χ1v) is 10.9. The maximum atomic E-state index is 12.7. The molecule has 4 rings (SSSR count). The van der Waals surface area contributed by atoms with Gasteiger partial charge in [-0.25, -0.2) is 13.4 Å². The van der Waals surface area contributed by atoms with Gasteiger partial charge in [-0.15, -0.1) is 0 Å². The molecule has 140 valence electrons. The smallest absolute Gasteiger partial charge is 0.255 e. The number of fused-ring (bicyclic) bond motifs is 1. The van der Waals surface area contributed by atoms with E-state index in [0.717, 1.165) is 37.0 Å². The third-order valence-corrected chi connectivity index (χ3v) is 6.05. The van der Waals surface area contributed by atoms with Gasteiger partial charge in [0, 0.05) is 42.8 Å². The molecule has 1 amide bonds. The van der Waals surface area contributed by atoms with Crippen molar-refractivity contribution in [2.75, 3.05) is 19.3 Å². The molecule has 0 unspecified atom stereocenters. The van der Waals surface area contributed by atoms with E-state index in [0.29, 0.717) is 11.2 Å². The highest BCUT2D eigenvalue weighted by atomic mass is 32.2. The fraction of sp³-hybridized carbons (Fsp3) is 0.300. The van der Waals surface area contributed by atoms with Crippen molar-refractivity contribution in [3.05, 3.63) is 54.4 Å². The Kier molecular flexibility index (Phi) is 4.47. The topological polar surface area (TPSA) is 72.3 Å². The van der Waals surface area contributed by atoms with Crippen LogP contribution in [-0.2, 0) is 9.84 Å². The maximum Gasteiger partial charge on any atom is 0.255 e. The van der Waals surface area contributed by atoms with Gasteiger partial charge in [0.2, 0.25) is 0 Å². The van der Waals surface area contributed by atoms with E-state index >= 15 is 0 Å². The number of hydrogen-bond acceptors (Lipinski definition) is 4. The molecule has 1 saturated heterocycles. The van der Waals surface area contributed by atoms with Crippen LogP contribution < -0.4 is 0 Å². The predicted molar refractivity (Wildman–Crippen MR) is 104 cm³/mol. The molecule has 0 saturated carbocycles. The highest BCUT2D eigenvalue weighted by molar-refractivity contribution is 7.90. The van der Waals surface area contributed by atoms with Gasteiger partial charge in [-0.05, 0) is 49.6 Å². The van der Waals surface area contributed by atoms with Crippen LogP contribution in [-0.4, -0.2) is 48.1 Å². The second kappa shape index (κ2) is 6.81. The number of aromatic nitrogens is 2. The Bertz CT molecular complexity index is 1110. The lowest BCUT2D eigenvalue weighted by Crippen LogP contribution is -2.35. The summed E-state index contributed by atoms with van der Waals surface area (Å²) in [5.41, 5.74) is 2.00. The summed E-state index contributed by atoms with van der Waals surface area (Å²) in [4.78, 5) is 19.3. The first-order chi connectivity index (χ1) is 12.9. The second-order valence-corrected chi connectivity index (χ2v) is 8.96. The van der Waals surface area contributed by atoms with Crippen molar-refractivity contribution in [3.8, 4) is 5.69 Å². The van der Waals surface area contributed by atoms with Gasteiger partial charge in [0.25, 0.3) is 5.91 Å². The van der Waals surface area contributed by atoms with Gasteiger partial charge in [0.15, 0.2) is 9.84 Å². The zero-order valence-electron chi connectivity index (χ0n) is 15.1. The lowest BCUT2D eigenvalue weighted by molar-refractivity contribution is 0.0724. The molecule has 6 nitrogen and oxygen atoms in total. The third kappa shape index (κ3) is 3.47. The Morgan fingerprint density at radius 2 is 1.85 bits per heavy atom. The minimum atomic E-state index is -3.28. The molecule has 0 aliphatic carbocycles. The number of carbonyl (C=O) groups excluding carboxylic acids is 1. The molecule has 0 N–H and O–H groups in total. The summed E-state index contributed by atoms with van der Waals surface area (Å²) < 4.78 is 25.5. The highest BCUT2D eigenvalue weighted by Gasteiger charge is 2.19. The number of benzene rings is 1. The van der Waals surface area contributed by atoms with Gasteiger partial charge in [0.1, 0.15) is 5.65 Å². The summed E-state index contributed by atoms with van der Waals surface area (Å²) in [7, 11) is -3.28. The van der Waals surface area contributed by atoms with Crippen LogP contribution in [0.1, 0.15) is 29.6 Å². The summed E-state index contributed by atoms with van der Waals surface area (Å²) in [5, 5.41) is 0.850. The van der Waals surface area contributed by atoms with Crippen LogP contribution in [0.5, 0.6) is 0 Å². The Hall–Kier alpha value is -2.67. The summed E-state index contributed by atoms with van der Waals surface area (Å²) >= 11 is 0. The molecule has 27 heavy (non-hydrogen) atoms. The fourth-order valence-electron chi connectivity index (χ4n) is 3.49. The number of rotatable bonds is 3. The van der Waals surface area contributed by atoms with Gasteiger partial charge >= 0.3 is 0 Å². The van der Waals surface area contributed by atoms with E-state index in [1.807, 2.05) is 33.9 Å². The largest absolute Gasteiger partial charge is 0.339 e. The zero-order chi connectivity index (χ0) is 19.0. The van der Waals surface area contributed by atoms with Crippen molar-refractivity contribution in [2.45, 2.75) is 24.2 Å². The standard InChI is InChI=1S/C20H21N3O3S/c1-27(25,26)18-7-5-6-17(13-18)23-11-8-15-12-16(14-21-19(15)23)20(24)22-9-3-2-4-10-22/h5-8,11-14H,2-4,9-10H2,1H3. The molecule has 2 aromatic heterocycles. The lowest BCUT2D eigenvalue weighted by atomic mass is 10.1. The van der Waals surface area contributed by atoms with E-state index in [4.69, 9.17) is 0 Å². The van der Waals surface area contributed by atoms with Gasteiger partial charge in [-0.2, -0.15) is 0 Å². The summed E-state index contributed by atoms with van der Waals surface area (Å²) in [6.45, 7) is 1.60. The molecule has 3 heterocycles. The van der Waals surface area contributed by atoms with Crippen LogP contribution in [0.3, 0.4) is 0 Å². The summed E-state index contributed by atoms with van der Waals surface area (Å²) in [5.74, 6) is 0.0240. The van der Waals surface area contributed by atoms with Crippen LogP contribution in [0.4, 0.5) is 0 Å². The molecular weight excluding hydrogens is 362 g/mol. The average Bonchev–Trinajstić information content (AvgIpc) is 3.11. The SMILES string of the molecule is CS(=O)(=O)c1cccc(-n2ccc3cc(C(=O)N4CCCCC4)cnc32)c1. The van der Waals surface area contributed by atoms with Gasteiger partial charge in [-0.1, -0.05) is 6.07 Å². The Morgan fingerprint density at radius 3 is 2.59 bits per heavy atom. The van der Waals surface area contributed by atoms with Crippen molar-refractivity contribution in [1.82, 2.24) is 14.5 Å². The minimum Gasteiger partial charge on any atom is -0.339 e. The van der Waals surface area contributed by atoms with E-state index < -0.39 is 9.84 Å². The van der Waals surface area contributed by atoms with Crippen LogP contribution in [0, 0.1) is 0 Å². The number of hydrogen-bond donors (Lipinski definition) is 0. The minimum absolute atomic E-state index is 0.0240. The molecule has 3 aromatic rings. The molecule has 1 fully saturated rings. The number of pyridine rings is 1. The van der Waals surface area contributed by atoms with E-state index in [9.17, 15) is 13.2 Å². The number of nitrogens with zero attached hydrogens (tertiary/aromatic N) is 3. The van der Waals surface area contributed by atoms with E-state index in [1.165, 1.54) is 12.7 Å². The van der Waals surface area contributed by atoms with Crippen LogP contribution >= 0.6 is 0 Å². The molecule has 0 atom stereocenters. The summed E-state index contributed by atoms with van der Waals surface area (Å²) in [6, 6.07) is 10.5. The molecule has 0 spiro atoms. The van der Waals surface area contributed by atoms with E-state index in [2.05, 4.69) is 4.98 Å². The number of carbonyl (C=O) groups is 1. The average molecular weight is 383 g/mol. The molecule has 1 aliphatic rings. The molecule has 0 bridgehead atoms. The highest BCUT2D eigenvalue weighted by Crippen LogP contribution is 2.23. The van der Waals surface area contributed by atoms with Crippen molar-refractivity contribution < 1.29 is 13.2 Å².